The second-order valence-corrected chi connectivity index (χ2v) is 8.49. The molecule has 7 heteroatoms. The first-order chi connectivity index (χ1) is 9.52. The van der Waals surface area contributed by atoms with E-state index in [0.717, 1.165) is 23.3 Å². The van der Waals surface area contributed by atoms with E-state index in [9.17, 15) is 4.79 Å². The van der Waals surface area contributed by atoms with Crippen LogP contribution < -0.4 is 5.32 Å². The zero-order valence-electron chi connectivity index (χ0n) is 10.4. The van der Waals surface area contributed by atoms with Gasteiger partial charge in [-0.25, -0.2) is 0 Å². The fraction of sp³-hybridized carbons (Fsp3) is 0.154. The lowest BCUT2D eigenvalue weighted by Crippen LogP contribution is -2.13. The van der Waals surface area contributed by atoms with Gasteiger partial charge >= 0.3 is 0 Å². The van der Waals surface area contributed by atoms with Crippen molar-refractivity contribution < 1.29 is 9.53 Å². The van der Waals surface area contributed by atoms with E-state index >= 15 is 0 Å². The van der Waals surface area contributed by atoms with Gasteiger partial charge in [0.15, 0.2) is 0 Å². The Labute approximate surface area is 146 Å². The van der Waals surface area contributed by atoms with Gasteiger partial charge in [-0.15, -0.1) is 11.3 Å². The number of carbonyl (C=O) groups is 1. The van der Waals surface area contributed by atoms with E-state index in [1.807, 2.05) is 18.2 Å². The summed E-state index contributed by atoms with van der Waals surface area (Å²) >= 11 is 11.7. The summed E-state index contributed by atoms with van der Waals surface area (Å²) < 4.78 is 7.77. The Kier molecular flexibility index (Phi) is 5.80. The SMILES string of the molecule is COCc1c(Br)cccc1NC(=O)c1cc(Br)sc1Br. The van der Waals surface area contributed by atoms with Crippen molar-refractivity contribution in [3.8, 4) is 0 Å². The summed E-state index contributed by atoms with van der Waals surface area (Å²) in [6.07, 6.45) is 0. The molecular formula is C13H10Br3NO2S. The van der Waals surface area contributed by atoms with Crippen molar-refractivity contribution in [2.75, 3.05) is 12.4 Å². The number of nitrogens with one attached hydrogen (secondary N) is 1. The summed E-state index contributed by atoms with van der Waals surface area (Å²) in [6.45, 7) is 0.422. The number of anilines is 1. The first-order valence-electron chi connectivity index (χ1n) is 5.55. The fourth-order valence-electron chi connectivity index (χ4n) is 1.65. The van der Waals surface area contributed by atoms with Crippen LogP contribution in [0.25, 0.3) is 0 Å². The van der Waals surface area contributed by atoms with Crippen LogP contribution in [0.4, 0.5) is 5.69 Å². The number of carbonyl (C=O) groups excluding carboxylic acids is 1. The highest BCUT2D eigenvalue weighted by atomic mass is 79.9. The van der Waals surface area contributed by atoms with Gasteiger partial charge in [-0.05, 0) is 50.1 Å². The molecule has 0 fully saturated rings. The molecule has 1 aromatic carbocycles. The smallest absolute Gasteiger partial charge is 0.257 e. The van der Waals surface area contributed by atoms with E-state index < -0.39 is 0 Å². The van der Waals surface area contributed by atoms with E-state index in [0.29, 0.717) is 12.2 Å². The van der Waals surface area contributed by atoms with Gasteiger partial charge in [0.2, 0.25) is 0 Å². The summed E-state index contributed by atoms with van der Waals surface area (Å²) in [5, 5.41) is 2.91. The zero-order valence-corrected chi connectivity index (χ0v) is 15.9. The normalized spacial score (nSPS) is 10.6. The third kappa shape index (κ3) is 3.71. The average molecular weight is 484 g/mol. The van der Waals surface area contributed by atoms with E-state index in [-0.39, 0.29) is 5.91 Å². The van der Waals surface area contributed by atoms with Crippen molar-refractivity contribution in [2.24, 2.45) is 0 Å². The van der Waals surface area contributed by atoms with Crippen LogP contribution in [0.1, 0.15) is 15.9 Å². The molecule has 106 valence electrons. The zero-order chi connectivity index (χ0) is 14.7. The van der Waals surface area contributed by atoms with Crippen molar-refractivity contribution in [1.82, 2.24) is 0 Å². The minimum atomic E-state index is -0.158. The first kappa shape index (κ1) is 16.2. The molecule has 0 bridgehead atoms. The van der Waals surface area contributed by atoms with Crippen LogP contribution in [0.2, 0.25) is 0 Å². The number of rotatable bonds is 4. The Morgan fingerprint density at radius 2 is 2.10 bits per heavy atom. The monoisotopic (exact) mass is 481 g/mol. The molecule has 2 aromatic rings. The van der Waals surface area contributed by atoms with Crippen LogP contribution in [0.15, 0.2) is 36.3 Å². The van der Waals surface area contributed by atoms with Crippen molar-refractivity contribution in [2.45, 2.75) is 6.61 Å². The molecule has 0 saturated carbocycles. The number of hydrogen-bond donors (Lipinski definition) is 1. The van der Waals surface area contributed by atoms with Crippen molar-refractivity contribution in [1.29, 1.82) is 0 Å². The van der Waals surface area contributed by atoms with E-state index in [2.05, 4.69) is 53.1 Å². The van der Waals surface area contributed by atoms with Crippen molar-refractivity contribution in [3.63, 3.8) is 0 Å². The predicted octanol–water partition coefficient (Wildman–Crippen LogP) is 5.43. The van der Waals surface area contributed by atoms with Crippen molar-refractivity contribution in [3.05, 3.63) is 47.4 Å². The highest BCUT2D eigenvalue weighted by Crippen LogP contribution is 2.33. The van der Waals surface area contributed by atoms with Crippen LogP contribution in [-0.4, -0.2) is 13.0 Å². The maximum atomic E-state index is 12.3. The molecular weight excluding hydrogens is 474 g/mol. The lowest BCUT2D eigenvalue weighted by atomic mass is 10.2. The van der Waals surface area contributed by atoms with E-state index in [1.54, 1.807) is 13.2 Å². The number of thiophene rings is 1. The summed E-state index contributed by atoms with van der Waals surface area (Å²) in [5.74, 6) is -0.158. The molecule has 2 rings (SSSR count). The molecule has 1 aromatic heterocycles. The molecule has 0 aliphatic carbocycles. The maximum Gasteiger partial charge on any atom is 0.257 e. The van der Waals surface area contributed by atoms with Crippen LogP contribution in [-0.2, 0) is 11.3 Å². The minimum absolute atomic E-state index is 0.158. The second-order valence-electron chi connectivity index (χ2n) is 3.89. The standard InChI is InChI=1S/C13H10Br3NO2S/c1-19-6-8-9(14)3-2-4-10(8)17-13(18)7-5-11(15)20-12(7)16/h2-5H,6H2,1H3,(H,17,18). The molecule has 0 radical (unpaired) electrons. The molecule has 3 nitrogen and oxygen atoms in total. The van der Waals surface area contributed by atoms with Gasteiger partial charge in [-0.1, -0.05) is 22.0 Å². The van der Waals surface area contributed by atoms with E-state index in [4.69, 9.17) is 4.74 Å². The molecule has 0 saturated heterocycles. The van der Waals surface area contributed by atoms with Gasteiger partial charge in [0.05, 0.1) is 19.7 Å². The summed E-state index contributed by atoms with van der Waals surface area (Å²) in [5.41, 5.74) is 2.25. The Morgan fingerprint density at radius 3 is 2.70 bits per heavy atom. The third-order valence-corrected chi connectivity index (χ3v) is 5.64. The number of benzene rings is 1. The summed E-state index contributed by atoms with van der Waals surface area (Å²) in [4.78, 5) is 12.3. The van der Waals surface area contributed by atoms with Crippen LogP contribution in [0, 0.1) is 0 Å². The van der Waals surface area contributed by atoms with Gasteiger partial charge < -0.3 is 10.1 Å². The molecule has 0 unspecified atom stereocenters. The Morgan fingerprint density at radius 1 is 1.35 bits per heavy atom. The molecule has 0 spiro atoms. The topological polar surface area (TPSA) is 38.3 Å². The van der Waals surface area contributed by atoms with Crippen LogP contribution in [0.3, 0.4) is 0 Å². The molecule has 1 heterocycles. The van der Waals surface area contributed by atoms with Gasteiger partial charge in [-0.2, -0.15) is 0 Å². The molecule has 0 aliphatic heterocycles. The number of amides is 1. The van der Waals surface area contributed by atoms with Gasteiger partial charge in [0.1, 0.15) is 0 Å². The number of hydrogen-bond acceptors (Lipinski definition) is 3. The van der Waals surface area contributed by atoms with Crippen LogP contribution >= 0.6 is 59.1 Å². The van der Waals surface area contributed by atoms with Gasteiger partial charge in [-0.3, -0.25) is 4.79 Å². The Bertz CT molecular complexity index is 643. The largest absolute Gasteiger partial charge is 0.380 e. The Balaban J connectivity index is 2.28. The molecule has 1 N–H and O–H groups in total. The lowest BCUT2D eigenvalue weighted by molar-refractivity contribution is 0.102. The highest BCUT2D eigenvalue weighted by molar-refractivity contribution is 9.12. The molecule has 0 aliphatic rings. The highest BCUT2D eigenvalue weighted by Gasteiger charge is 2.16. The first-order valence-corrected chi connectivity index (χ1v) is 8.75. The molecule has 1 amide bonds. The minimum Gasteiger partial charge on any atom is -0.380 e. The quantitative estimate of drug-likeness (QED) is 0.629. The molecule has 20 heavy (non-hydrogen) atoms. The van der Waals surface area contributed by atoms with Gasteiger partial charge in [0.25, 0.3) is 5.91 Å². The van der Waals surface area contributed by atoms with Crippen LogP contribution in [0.5, 0.6) is 0 Å². The Hall–Kier alpha value is -0.210. The number of halogens is 3. The fourth-order valence-corrected chi connectivity index (χ4v) is 4.93. The van der Waals surface area contributed by atoms with Gasteiger partial charge in [0, 0.05) is 22.8 Å². The number of ether oxygens (including phenoxy) is 1. The second kappa shape index (κ2) is 7.17. The maximum absolute atomic E-state index is 12.3. The third-order valence-electron chi connectivity index (χ3n) is 2.56. The average Bonchev–Trinajstić information content (AvgIpc) is 2.73. The number of methoxy groups -OCH3 is 1. The van der Waals surface area contributed by atoms with Crippen molar-refractivity contribution >= 4 is 70.7 Å². The summed E-state index contributed by atoms with van der Waals surface area (Å²) in [6, 6.07) is 7.43. The molecule has 0 atom stereocenters. The lowest BCUT2D eigenvalue weighted by Gasteiger charge is -2.12. The predicted molar refractivity (Wildman–Crippen MR) is 92.5 cm³/mol. The van der Waals surface area contributed by atoms with E-state index in [1.165, 1.54) is 11.3 Å². The summed E-state index contributed by atoms with van der Waals surface area (Å²) in [7, 11) is 1.62.